The molecule has 0 fully saturated rings. The molecule has 2 aromatic rings. The lowest BCUT2D eigenvalue weighted by Crippen LogP contribution is -2.22. The minimum atomic E-state index is -0.459. The molecule has 1 aromatic heterocycles. The van der Waals surface area contributed by atoms with Crippen LogP contribution in [0, 0.1) is 5.41 Å². The Bertz CT molecular complexity index is 867. The van der Waals surface area contributed by atoms with Crippen LogP contribution in [-0.2, 0) is 4.79 Å². The Hall–Kier alpha value is -2.14. The Kier molecular flexibility index (Phi) is 5.78. The SMILES string of the molecule is CCCOc1ccc(/C=c2/s/c(=C/C(=O)C(C)(C)C)[nH]c2=O)cc1. The monoisotopic (exact) mass is 345 g/mol. The predicted molar refractivity (Wildman–Crippen MR) is 98.9 cm³/mol. The van der Waals surface area contributed by atoms with Crippen LogP contribution in [0.4, 0.5) is 0 Å². The normalized spacial score (nSPS) is 13.3. The number of hydrogen-bond donors (Lipinski definition) is 1. The summed E-state index contributed by atoms with van der Waals surface area (Å²) in [7, 11) is 0. The zero-order valence-electron chi connectivity index (χ0n) is 14.5. The number of nitrogens with one attached hydrogen (secondary N) is 1. The second kappa shape index (κ2) is 7.62. The fourth-order valence-electron chi connectivity index (χ4n) is 1.89. The summed E-state index contributed by atoms with van der Waals surface area (Å²) in [6, 6.07) is 7.60. The lowest BCUT2D eigenvalue weighted by atomic mass is 9.91. The van der Waals surface area contributed by atoms with Crippen molar-refractivity contribution in [3.63, 3.8) is 0 Å². The molecule has 0 aliphatic carbocycles. The van der Waals surface area contributed by atoms with Crippen LogP contribution < -0.4 is 19.5 Å². The molecular formula is C19H23NO3S. The molecule has 128 valence electrons. The standard InChI is InChI=1S/C19H23NO3S/c1-5-10-23-14-8-6-13(7-9-14)11-15-18(22)20-17(24-15)12-16(21)19(2,3)4/h6-9,11-12H,5,10H2,1-4H3,(H,20,22)/b15-11+,17-12+. The molecule has 0 atom stereocenters. The minimum Gasteiger partial charge on any atom is -0.494 e. The van der Waals surface area contributed by atoms with Crippen molar-refractivity contribution >= 4 is 29.3 Å². The van der Waals surface area contributed by atoms with Gasteiger partial charge in [-0.15, -0.1) is 11.3 Å². The number of carbonyl (C=O) groups is 1. The van der Waals surface area contributed by atoms with Gasteiger partial charge in [-0.25, -0.2) is 0 Å². The molecular weight excluding hydrogens is 322 g/mol. The van der Waals surface area contributed by atoms with Crippen LogP contribution >= 0.6 is 11.3 Å². The molecule has 0 unspecified atom stereocenters. The number of aromatic amines is 1. The van der Waals surface area contributed by atoms with Crippen LogP contribution in [0.15, 0.2) is 29.1 Å². The van der Waals surface area contributed by atoms with Crippen LogP contribution in [-0.4, -0.2) is 17.4 Å². The van der Waals surface area contributed by atoms with Crippen molar-refractivity contribution in [2.75, 3.05) is 6.61 Å². The minimum absolute atomic E-state index is 0.0102. The molecule has 0 bridgehead atoms. The molecule has 1 N–H and O–H groups in total. The Balaban J connectivity index is 2.30. The summed E-state index contributed by atoms with van der Waals surface area (Å²) < 4.78 is 6.69. The first-order valence-electron chi connectivity index (χ1n) is 7.99. The van der Waals surface area contributed by atoms with Crippen LogP contribution in [0.5, 0.6) is 5.75 Å². The largest absolute Gasteiger partial charge is 0.494 e. The van der Waals surface area contributed by atoms with Crippen molar-refractivity contribution in [3.05, 3.63) is 49.4 Å². The van der Waals surface area contributed by atoms with E-state index in [0.29, 0.717) is 15.8 Å². The lowest BCUT2D eigenvalue weighted by Gasteiger charge is -2.12. The number of Topliss-reactive ketones (excluding diaryl/α,β-unsaturated/α-hetero) is 1. The predicted octanol–water partition coefficient (Wildman–Crippen LogP) is 2.45. The molecule has 1 aromatic carbocycles. The fourth-order valence-corrected chi connectivity index (χ4v) is 2.78. The van der Waals surface area contributed by atoms with Crippen LogP contribution in [0.3, 0.4) is 0 Å². The van der Waals surface area contributed by atoms with E-state index >= 15 is 0 Å². The van der Waals surface area contributed by atoms with Crippen LogP contribution in [0.2, 0.25) is 0 Å². The quantitative estimate of drug-likeness (QED) is 0.905. The third kappa shape index (κ3) is 4.93. The third-order valence-corrected chi connectivity index (χ3v) is 4.30. The Morgan fingerprint density at radius 2 is 1.92 bits per heavy atom. The van der Waals surface area contributed by atoms with Crippen LogP contribution in [0.25, 0.3) is 12.2 Å². The molecule has 0 radical (unpaired) electrons. The summed E-state index contributed by atoms with van der Waals surface area (Å²) >= 11 is 1.29. The van der Waals surface area contributed by atoms with E-state index in [1.165, 1.54) is 17.4 Å². The fraction of sp³-hybridized carbons (Fsp3) is 0.368. The van der Waals surface area contributed by atoms with Gasteiger partial charge in [-0.3, -0.25) is 9.59 Å². The van der Waals surface area contributed by atoms with Gasteiger partial charge in [0, 0.05) is 11.5 Å². The summed E-state index contributed by atoms with van der Waals surface area (Å²) in [4.78, 5) is 26.8. The molecule has 1 heterocycles. The number of aromatic nitrogens is 1. The van der Waals surface area contributed by atoms with E-state index in [0.717, 1.165) is 17.7 Å². The van der Waals surface area contributed by atoms with Gasteiger partial charge in [-0.2, -0.15) is 0 Å². The maximum absolute atomic E-state index is 12.1. The zero-order chi connectivity index (χ0) is 17.7. The molecule has 24 heavy (non-hydrogen) atoms. The van der Waals surface area contributed by atoms with Gasteiger partial charge in [-0.1, -0.05) is 39.8 Å². The van der Waals surface area contributed by atoms with Crippen molar-refractivity contribution in [2.24, 2.45) is 5.41 Å². The van der Waals surface area contributed by atoms with E-state index in [1.807, 2.05) is 51.1 Å². The van der Waals surface area contributed by atoms with Crippen molar-refractivity contribution in [3.8, 4) is 5.75 Å². The molecule has 0 aliphatic rings. The summed E-state index contributed by atoms with van der Waals surface area (Å²) in [5.74, 6) is 0.808. The van der Waals surface area contributed by atoms with E-state index in [9.17, 15) is 9.59 Å². The molecule has 0 saturated heterocycles. The van der Waals surface area contributed by atoms with Gasteiger partial charge in [0.1, 0.15) is 5.75 Å². The number of rotatable bonds is 5. The van der Waals surface area contributed by atoms with Crippen molar-refractivity contribution in [2.45, 2.75) is 34.1 Å². The average molecular weight is 345 g/mol. The second-order valence-electron chi connectivity index (χ2n) is 6.61. The highest BCUT2D eigenvalue weighted by atomic mass is 32.1. The topological polar surface area (TPSA) is 59.2 Å². The van der Waals surface area contributed by atoms with Crippen molar-refractivity contribution < 1.29 is 9.53 Å². The first kappa shape index (κ1) is 18.2. The number of ketones is 1. The second-order valence-corrected chi connectivity index (χ2v) is 7.69. The Morgan fingerprint density at radius 1 is 1.25 bits per heavy atom. The van der Waals surface area contributed by atoms with Gasteiger partial charge in [0.2, 0.25) is 0 Å². The molecule has 0 aliphatic heterocycles. The van der Waals surface area contributed by atoms with Gasteiger partial charge in [0.15, 0.2) is 5.78 Å². The maximum Gasteiger partial charge on any atom is 0.266 e. The van der Waals surface area contributed by atoms with E-state index in [-0.39, 0.29) is 11.3 Å². The average Bonchev–Trinajstić information content (AvgIpc) is 2.85. The van der Waals surface area contributed by atoms with Gasteiger partial charge in [-0.05, 0) is 30.2 Å². The zero-order valence-corrected chi connectivity index (χ0v) is 15.3. The first-order valence-corrected chi connectivity index (χ1v) is 8.81. The van der Waals surface area contributed by atoms with Gasteiger partial charge in [0.05, 0.1) is 15.8 Å². The molecule has 4 nitrogen and oxygen atoms in total. The van der Waals surface area contributed by atoms with Crippen molar-refractivity contribution in [1.29, 1.82) is 0 Å². The van der Waals surface area contributed by atoms with Crippen molar-refractivity contribution in [1.82, 2.24) is 4.98 Å². The number of carbonyl (C=O) groups excluding carboxylic acids is 1. The third-order valence-electron chi connectivity index (χ3n) is 3.33. The number of hydrogen-bond acceptors (Lipinski definition) is 4. The summed E-state index contributed by atoms with van der Waals surface area (Å²) in [5.41, 5.74) is 0.276. The number of ether oxygens (including phenoxy) is 1. The Labute approximate surface area is 145 Å². The van der Waals surface area contributed by atoms with E-state index < -0.39 is 5.41 Å². The van der Waals surface area contributed by atoms with E-state index in [2.05, 4.69) is 11.9 Å². The molecule has 0 saturated carbocycles. The van der Waals surface area contributed by atoms with Gasteiger partial charge in [0.25, 0.3) is 5.56 Å². The highest BCUT2D eigenvalue weighted by molar-refractivity contribution is 7.07. The van der Waals surface area contributed by atoms with E-state index in [4.69, 9.17) is 4.74 Å². The first-order chi connectivity index (χ1) is 11.3. The highest BCUT2D eigenvalue weighted by Crippen LogP contribution is 2.15. The van der Waals surface area contributed by atoms with E-state index in [1.54, 1.807) is 0 Å². The van der Waals surface area contributed by atoms with Crippen LogP contribution in [0.1, 0.15) is 39.7 Å². The Morgan fingerprint density at radius 3 is 2.50 bits per heavy atom. The number of H-pyrrole nitrogens is 1. The van der Waals surface area contributed by atoms with Gasteiger partial charge >= 0.3 is 0 Å². The summed E-state index contributed by atoms with van der Waals surface area (Å²) in [5, 5.41) is 0. The number of thiazole rings is 1. The summed E-state index contributed by atoms with van der Waals surface area (Å²) in [6.45, 7) is 8.31. The maximum atomic E-state index is 12.1. The van der Waals surface area contributed by atoms with Gasteiger partial charge < -0.3 is 9.72 Å². The summed E-state index contributed by atoms with van der Waals surface area (Å²) in [6.07, 6.45) is 4.28. The molecule has 0 spiro atoms. The molecule has 5 heteroatoms. The number of benzene rings is 1. The smallest absolute Gasteiger partial charge is 0.266 e. The molecule has 0 amide bonds. The highest BCUT2D eigenvalue weighted by Gasteiger charge is 2.18. The lowest BCUT2D eigenvalue weighted by molar-refractivity contribution is -0.119. The molecule has 2 rings (SSSR count).